The maximum absolute atomic E-state index is 3.41. The molecule has 0 heterocycles. The lowest BCUT2D eigenvalue weighted by atomic mass is 9.42. The molecule has 13 saturated carbocycles. The standard InChI is InChI=1S/C58H93N/c1-5-16-36(17-6-1)56-50-32-46-41-26-13-20-38-21-14-27-42(55(38)41)47(46)33-51(50)57(37-18-7-2-8-19-37)53-35-49-44-30-31-54(45-29-15-28-43(58(44)45)48(49)34-52(53)56)59(39-22-9-3-10-23-39)40-24-11-4-12-25-40/h36-58H,1-35H2. The van der Waals surface area contributed by atoms with E-state index in [-0.39, 0.29) is 0 Å². The van der Waals surface area contributed by atoms with Crippen molar-refractivity contribution in [3.63, 3.8) is 0 Å². The number of hydrogen-bond acceptors (Lipinski definition) is 1. The highest BCUT2D eigenvalue weighted by atomic mass is 15.2. The fourth-order valence-corrected chi connectivity index (χ4v) is 23.7. The summed E-state index contributed by atoms with van der Waals surface area (Å²) >= 11 is 0. The van der Waals surface area contributed by atoms with E-state index < -0.39 is 0 Å². The van der Waals surface area contributed by atoms with Gasteiger partial charge in [0.15, 0.2) is 0 Å². The molecule has 330 valence electrons. The fourth-order valence-electron chi connectivity index (χ4n) is 23.7. The molecule has 0 bridgehead atoms. The van der Waals surface area contributed by atoms with E-state index in [0.717, 1.165) is 131 Å². The Morgan fingerprint density at radius 3 is 0.966 bits per heavy atom. The Morgan fingerprint density at radius 2 is 0.525 bits per heavy atom. The van der Waals surface area contributed by atoms with Crippen LogP contribution in [0.3, 0.4) is 0 Å². The van der Waals surface area contributed by atoms with Crippen molar-refractivity contribution in [1.29, 1.82) is 0 Å². The molecule has 0 aliphatic heterocycles. The molecule has 0 N–H and O–H groups in total. The van der Waals surface area contributed by atoms with Crippen LogP contribution in [0.1, 0.15) is 225 Å². The Labute approximate surface area is 364 Å². The van der Waals surface area contributed by atoms with E-state index in [1.54, 1.807) is 186 Å². The highest BCUT2D eigenvalue weighted by molar-refractivity contribution is 5.16. The van der Waals surface area contributed by atoms with Gasteiger partial charge in [0.05, 0.1) is 0 Å². The van der Waals surface area contributed by atoms with E-state index in [0.29, 0.717) is 0 Å². The van der Waals surface area contributed by atoms with Crippen molar-refractivity contribution in [3.8, 4) is 0 Å². The minimum atomic E-state index is 0.944. The zero-order valence-corrected chi connectivity index (χ0v) is 38.5. The third kappa shape index (κ3) is 6.51. The van der Waals surface area contributed by atoms with E-state index in [1.807, 2.05) is 0 Å². The van der Waals surface area contributed by atoms with Crippen LogP contribution in [-0.4, -0.2) is 23.0 Å². The molecule has 19 atom stereocenters. The van der Waals surface area contributed by atoms with E-state index in [2.05, 4.69) is 4.90 Å². The molecule has 13 aliphatic carbocycles. The van der Waals surface area contributed by atoms with Gasteiger partial charge in [0, 0.05) is 18.1 Å². The van der Waals surface area contributed by atoms with Gasteiger partial charge in [-0.05, 0) is 208 Å². The smallest absolute Gasteiger partial charge is 0.0132 e. The summed E-state index contributed by atoms with van der Waals surface area (Å²) in [5, 5.41) is 0. The molecular weight excluding hydrogens is 711 g/mol. The lowest BCUT2D eigenvalue weighted by Gasteiger charge is -2.63. The normalized spacial score (nSPS) is 53.1. The first-order valence-corrected chi connectivity index (χ1v) is 29.1. The minimum Gasteiger partial charge on any atom is -0.294 e. The average Bonchev–Trinajstić information content (AvgIpc) is 3.79. The van der Waals surface area contributed by atoms with E-state index in [1.165, 1.54) is 44.4 Å². The molecule has 0 aromatic rings. The van der Waals surface area contributed by atoms with Crippen molar-refractivity contribution in [1.82, 2.24) is 4.90 Å². The van der Waals surface area contributed by atoms with Crippen LogP contribution in [0.5, 0.6) is 0 Å². The molecule has 0 saturated heterocycles. The van der Waals surface area contributed by atoms with Crippen LogP contribution in [0.15, 0.2) is 0 Å². The molecule has 1 nitrogen and oxygen atoms in total. The van der Waals surface area contributed by atoms with Crippen molar-refractivity contribution >= 4 is 0 Å². The van der Waals surface area contributed by atoms with Gasteiger partial charge in [-0.25, -0.2) is 0 Å². The number of nitrogens with zero attached hydrogens (tertiary/aromatic N) is 1. The molecule has 1 heteroatoms. The van der Waals surface area contributed by atoms with Gasteiger partial charge in [-0.1, -0.05) is 135 Å². The summed E-state index contributed by atoms with van der Waals surface area (Å²) in [6.07, 6.45) is 56.3. The van der Waals surface area contributed by atoms with Crippen molar-refractivity contribution in [2.24, 2.45) is 118 Å². The molecule has 59 heavy (non-hydrogen) atoms. The van der Waals surface area contributed by atoms with Crippen LogP contribution in [0.4, 0.5) is 0 Å². The summed E-state index contributed by atoms with van der Waals surface area (Å²) in [6.45, 7) is 0. The minimum absolute atomic E-state index is 0.944. The Balaban J connectivity index is 0.851. The summed E-state index contributed by atoms with van der Waals surface area (Å²) in [4.78, 5) is 3.41. The molecular formula is C58H93N. The van der Waals surface area contributed by atoms with Crippen LogP contribution in [0.25, 0.3) is 0 Å². The summed E-state index contributed by atoms with van der Waals surface area (Å²) in [6, 6.07) is 2.85. The third-order valence-corrected chi connectivity index (χ3v) is 24.9. The first-order valence-electron chi connectivity index (χ1n) is 29.1. The SMILES string of the molecule is C1CCC(C2C3CC4C(CC3C(C3CCCCC3)C3CC5C(CC32)C2CCCC3C2C5CCC3N(C2CCCCC2)C2CCCCC2)C2CCCC3CCCC4C32)CC1. The largest absolute Gasteiger partial charge is 0.294 e. The predicted molar refractivity (Wildman–Crippen MR) is 245 cm³/mol. The highest BCUT2D eigenvalue weighted by Crippen LogP contribution is 2.73. The summed E-state index contributed by atoms with van der Waals surface area (Å²) in [7, 11) is 0. The van der Waals surface area contributed by atoms with Gasteiger partial charge in [-0.3, -0.25) is 4.90 Å². The zero-order chi connectivity index (χ0) is 38.6. The van der Waals surface area contributed by atoms with Gasteiger partial charge >= 0.3 is 0 Å². The van der Waals surface area contributed by atoms with Crippen LogP contribution in [-0.2, 0) is 0 Å². The van der Waals surface area contributed by atoms with Crippen molar-refractivity contribution < 1.29 is 0 Å². The van der Waals surface area contributed by atoms with Crippen LogP contribution in [0, 0.1) is 118 Å². The summed E-state index contributed by atoms with van der Waals surface area (Å²) < 4.78 is 0. The van der Waals surface area contributed by atoms with Gasteiger partial charge in [0.2, 0.25) is 0 Å². The predicted octanol–water partition coefficient (Wildman–Crippen LogP) is 15.5. The molecule has 0 radical (unpaired) electrons. The molecule has 19 unspecified atom stereocenters. The molecule has 13 fully saturated rings. The maximum Gasteiger partial charge on any atom is 0.0132 e. The van der Waals surface area contributed by atoms with Crippen LogP contribution < -0.4 is 0 Å². The lowest BCUT2D eigenvalue weighted by Crippen LogP contribution is -2.57. The Hall–Kier alpha value is -0.0400. The monoisotopic (exact) mass is 804 g/mol. The average molecular weight is 804 g/mol. The van der Waals surface area contributed by atoms with Crippen molar-refractivity contribution in [2.75, 3.05) is 0 Å². The number of fused-ring (bicyclic) bond motifs is 8. The second-order valence-corrected chi connectivity index (χ2v) is 26.4. The summed E-state index contributed by atoms with van der Waals surface area (Å²) in [5.41, 5.74) is 0. The molecule has 0 spiro atoms. The van der Waals surface area contributed by atoms with Gasteiger partial charge in [0.25, 0.3) is 0 Å². The Kier molecular flexibility index (Phi) is 11.0. The van der Waals surface area contributed by atoms with Gasteiger partial charge < -0.3 is 0 Å². The van der Waals surface area contributed by atoms with E-state index in [9.17, 15) is 0 Å². The quantitative estimate of drug-likeness (QED) is 0.268. The molecule has 0 amide bonds. The molecule has 0 aromatic heterocycles. The van der Waals surface area contributed by atoms with Gasteiger partial charge in [0.1, 0.15) is 0 Å². The first-order chi connectivity index (χ1) is 29.3. The van der Waals surface area contributed by atoms with Crippen LogP contribution >= 0.6 is 0 Å². The molecule has 0 aromatic carbocycles. The van der Waals surface area contributed by atoms with Gasteiger partial charge in [-0.15, -0.1) is 0 Å². The van der Waals surface area contributed by atoms with E-state index in [4.69, 9.17) is 0 Å². The van der Waals surface area contributed by atoms with Crippen molar-refractivity contribution in [3.05, 3.63) is 0 Å². The maximum atomic E-state index is 3.41. The number of hydrogen-bond donors (Lipinski definition) is 0. The Bertz CT molecular complexity index is 1340. The summed E-state index contributed by atoms with van der Waals surface area (Å²) in [5.74, 6) is 22.7. The first kappa shape index (κ1) is 39.3. The second-order valence-electron chi connectivity index (χ2n) is 26.4. The van der Waals surface area contributed by atoms with E-state index >= 15 is 0 Å². The fraction of sp³-hybridized carbons (Fsp3) is 1.00. The zero-order valence-electron chi connectivity index (χ0n) is 38.5. The lowest BCUT2D eigenvalue weighted by molar-refractivity contribution is -0.148. The number of rotatable bonds is 5. The Morgan fingerprint density at radius 1 is 0.203 bits per heavy atom. The van der Waals surface area contributed by atoms with Crippen LogP contribution in [0.2, 0.25) is 0 Å². The third-order valence-electron chi connectivity index (χ3n) is 24.9. The topological polar surface area (TPSA) is 3.24 Å². The van der Waals surface area contributed by atoms with Crippen molar-refractivity contribution in [2.45, 2.75) is 243 Å². The molecule has 13 aliphatic rings. The second kappa shape index (κ2) is 16.4. The highest BCUT2D eigenvalue weighted by Gasteiger charge is 2.67. The molecule has 13 rings (SSSR count). The van der Waals surface area contributed by atoms with Gasteiger partial charge in [-0.2, -0.15) is 0 Å².